The molecule has 1 atom stereocenters. The maximum absolute atomic E-state index is 11.4. The molecule has 2 rings (SSSR count). The van der Waals surface area contributed by atoms with Crippen molar-refractivity contribution in [1.29, 1.82) is 0 Å². The van der Waals surface area contributed by atoms with E-state index in [0.717, 1.165) is 6.42 Å². The Hall–Kier alpha value is -1.32. The molecule has 0 saturated carbocycles. The molecule has 1 unspecified atom stereocenters. The first kappa shape index (κ1) is 8.29. The standard InChI is InChI=1S/C9H11NO3/c11-8-4-2-6-1-3-7(9(12)13)10(8)5-6/h1,7H,2-5H2,(H,12,13). The fraction of sp³-hybridized carbons (Fsp3) is 0.556. The Bertz CT molecular complexity index is 295. The number of piperidine rings is 1. The Balaban J connectivity index is 2.25. The van der Waals surface area contributed by atoms with Gasteiger partial charge in [-0.2, -0.15) is 0 Å². The highest BCUT2D eigenvalue weighted by Gasteiger charge is 2.34. The van der Waals surface area contributed by atoms with Gasteiger partial charge in [-0.05, 0) is 12.8 Å². The van der Waals surface area contributed by atoms with Crippen LogP contribution in [0.1, 0.15) is 19.3 Å². The summed E-state index contributed by atoms with van der Waals surface area (Å²) in [7, 11) is 0. The number of carboxylic acid groups (broad SMARTS) is 1. The van der Waals surface area contributed by atoms with E-state index in [0.29, 0.717) is 19.4 Å². The number of hydrogen-bond acceptors (Lipinski definition) is 2. The van der Waals surface area contributed by atoms with E-state index in [-0.39, 0.29) is 5.91 Å². The third-order valence-corrected chi connectivity index (χ3v) is 2.64. The van der Waals surface area contributed by atoms with Gasteiger partial charge in [0.25, 0.3) is 0 Å². The topological polar surface area (TPSA) is 57.6 Å². The summed E-state index contributed by atoms with van der Waals surface area (Å²) in [6.07, 6.45) is 3.70. The van der Waals surface area contributed by atoms with Gasteiger partial charge >= 0.3 is 5.97 Å². The Morgan fingerprint density at radius 1 is 1.54 bits per heavy atom. The van der Waals surface area contributed by atoms with Crippen LogP contribution in [0.2, 0.25) is 0 Å². The zero-order chi connectivity index (χ0) is 9.42. The molecule has 0 aromatic carbocycles. The van der Waals surface area contributed by atoms with Gasteiger partial charge in [-0.3, -0.25) is 4.79 Å². The molecule has 0 spiro atoms. The van der Waals surface area contributed by atoms with Gasteiger partial charge in [0, 0.05) is 13.0 Å². The lowest BCUT2D eigenvalue weighted by Crippen LogP contribution is -2.49. The molecule has 4 nitrogen and oxygen atoms in total. The average molecular weight is 181 g/mol. The van der Waals surface area contributed by atoms with E-state index in [4.69, 9.17) is 5.11 Å². The van der Waals surface area contributed by atoms with Crippen molar-refractivity contribution in [2.24, 2.45) is 0 Å². The van der Waals surface area contributed by atoms with Crippen molar-refractivity contribution in [3.8, 4) is 0 Å². The minimum Gasteiger partial charge on any atom is -0.480 e. The van der Waals surface area contributed by atoms with Crippen LogP contribution in [-0.4, -0.2) is 34.5 Å². The van der Waals surface area contributed by atoms with E-state index in [9.17, 15) is 9.59 Å². The van der Waals surface area contributed by atoms with Crippen LogP contribution in [0, 0.1) is 0 Å². The molecule has 0 aromatic rings. The summed E-state index contributed by atoms with van der Waals surface area (Å²) in [4.78, 5) is 23.6. The molecule has 2 bridgehead atoms. The van der Waals surface area contributed by atoms with Crippen LogP contribution in [0.25, 0.3) is 0 Å². The molecule has 2 aliphatic rings. The van der Waals surface area contributed by atoms with Crippen LogP contribution in [0.3, 0.4) is 0 Å². The van der Waals surface area contributed by atoms with Crippen molar-refractivity contribution in [2.75, 3.05) is 6.54 Å². The predicted molar refractivity (Wildman–Crippen MR) is 45.1 cm³/mol. The number of carbonyl (C=O) groups excluding carboxylic acids is 1. The lowest BCUT2D eigenvalue weighted by Gasteiger charge is -2.36. The molecule has 2 aliphatic heterocycles. The highest BCUT2D eigenvalue weighted by Crippen LogP contribution is 2.25. The number of carboxylic acids is 1. The number of rotatable bonds is 1. The predicted octanol–water partition coefficient (Wildman–Crippen LogP) is 0.392. The van der Waals surface area contributed by atoms with E-state index in [1.54, 1.807) is 0 Å². The summed E-state index contributed by atoms with van der Waals surface area (Å²) in [6, 6.07) is -0.628. The number of nitrogens with zero attached hydrogens (tertiary/aromatic N) is 1. The minimum absolute atomic E-state index is 0.0238. The summed E-state index contributed by atoms with van der Waals surface area (Å²) in [6.45, 7) is 0.524. The molecule has 1 saturated heterocycles. The van der Waals surface area contributed by atoms with Gasteiger partial charge in [0.2, 0.25) is 5.91 Å². The maximum atomic E-state index is 11.4. The van der Waals surface area contributed by atoms with Crippen LogP contribution < -0.4 is 0 Å². The van der Waals surface area contributed by atoms with E-state index in [2.05, 4.69) is 0 Å². The minimum atomic E-state index is -0.898. The quantitative estimate of drug-likeness (QED) is 0.595. The van der Waals surface area contributed by atoms with Crippen molar-refractivity contribution < 1.29 is 14.7 Å². The average Bonchev–Trinajstić information content (AvgIpc) is 2.12. The zero-order valence-electron chi connectivity index (χ0n) is 7.19. The van der Waals surface area contributed by atoms with Gasteiger partial charge in [-0.1, -0.05) is 11.6 Å². The Morgan fingerprint density at radius 2 is 2.31 bits per heavy atom. The Morgan fingerprint density at radius 3 is 3.00 bits per heavy atom. The lowest BCUT2D eigenvalue weighted by atomic mass is 9.94. The highest BCUT2D eigenvalue weighted by molar-refractivity contribution is 5.85. The molecule has 2 heterocycles. The van der Waals surface area contributed by atoms with Gasteiger partial charge in [0.05, 0.1) is 0 Å². The molecule has 70 valence electrons. The fourth-order valence-electron chi connectivity index (χ4n) is 1.89. The number of aliphatic carboxylic acids is 1. The van der Waals surface area contributed by atoms with Crippen LogP contribution in [0.4, 0.5) is 0 Å². The van der Waals surface area contributed by atoms with E-state index in [1.165, 1.54) is 10.5 Å². The van der Waals surface area contributed by atoms with Crippen molar-refractivity contribution in [3.05, 3.63) is 11.6 Å². The summed E-state index contributed by atoms with van der Waals surface area (Å²) >= 11 is 0. The molecule has 1 amide bonds. The van der Waals surface area contributed by atoms with Crippen LogP contribution >= 0.6 is 0 Å². The number of carbonyl (C=O) groups is 2. The second-order valence-electron chi connectivity index (χ2n) is 3.47. The Kier molecular flexibility index (Phi) is 1.83. The molecule has 0 aromatic heterocycles. The van der Waals surface area contributed by atoms with Crippen molar-refractivity contribution in [2.45, 2.75) is 25.3 Å². The van der Waals surface area contributed by atoms with E-state index >= 15 is 0 Å². The van der Waals surface area contributed by atoms with E-state index < -0.39 is 12.0 Å². The third-order valence-electron chi connectivity index (χ3n) is 2.64. The maximum Gasteiger partial charge on any atom is 0.326 e. The largest absolute Gasteiger partial charge is 0.480 e. The first-order valence-corrected chi connectivity index (χ1v) is 4.38. The molecule has 1 N–H and O–H groups in total. The molecule has 0 radical (unpaired) electrons. The van der Waals surface area contributed by atoms with Crippen LogP contribution in [0.15, 0.2) is 11.6 Å². The molecule has 13 heavy (non-hydrogen) atoms. The second-order valence-corrected chi connectivity index (χ2v) is 3.47. The van der Waals surface area contributed by atoms with E-state index in [1.807, 2.05) is 6.08 Å². The van der Waals surface area contributed by atoms with Crippen LogP contribution in [0.5, 0.6) is 0 Å². The summed E-state index contributed by atoms with van der Waals surface area (Å²) in [5.41, 5.74) is 1.21. The van der Waals surface area contributed by atoms with Crippen LogP contribution in [-0.2, 0) is 9.59 Å². The first-order valence-electron chi connectivity index (χ1n) is 4.38. The van der Waals surface area contributed by atoms with Crippen molar-refractivity contribution in [1.82, 2.24) is 4.90 Å². The highest BCUT2D eigenvalue weighted by atomic mass is 16.4. The molecular weight excluding hydrogens is 170 g/mol. The lowest BCUT2D eigenvalue weighted by molar-refractivity contribution is -0.151. The monoisotopic (exact) mass is 181 g/mol. The van der Waals surface area contributed by atoms with Gasteiger partial charge in [-0.25, -0.2) is 4.79 Å². The smallest absolute Gasteiger partial charge is 0.326 e. The molecule has 1 fully saturated rings. The summed E-state index contributed by atoms with van der Waals surface area (Å²) < 4.78 is 0. The fourth-order valence-corrected chi connectivity index (χ4v) is 1.89. The third kappa shape index (κ3) is 1.32. The van der Waals surface area contributed by atoms with Gasteiger partial charge < -0.3 is 10.0 Å². The molecule has 0 aliphatic carbocycles. The zero-order valence-corrected chi connectivity index (χ0v) is 7.19. The second kappa shape index (κ2) is 2.87. The number of fused-ring (bicyclic) bond motifs is 2. The summed E-state index contributed by atoms with van der Waals surface area (Å²) in [5, 5.41) is 8.84. The van der Waals surface area contributed by atoms with Gasteiger partial charge in [-0.15, -0.1) is 0 Å². The normalized spacial score (nSPS) is 27.1. The summed E-state index contributed by atoms with van der Waals surface area (Å²) in [5.74, 6) is -0.921. The van der Waals surface area contributed by atoms with Gasteiger partial charge in [0.1, 0.15) is 6.04 Å². The number of amides is 1. The SMILES string of the molecule is O=C(O)C1CC=C2CCC(=O)N1C2. The van der Waals surface area contributed by atoms with Gasteiger partial charge in [0.15, 0.2) is 0 Å². The van der Waals surface area contributed by atoms with Crippen molar-refractivity contribution >= 4 is 11.9 Å². The number of hydrogen-bond donors (Lipinski definition) is 1. The molecule has 4 heteroatoms. The van der Waals surface area contributed by atoms with Crippen molar-refractivity contribution in [3.63, 3.8) is 0 Å². The molecular formula is C9H11NO3. The Labute approximate surface area is 75.8 Å². The first-order chi connectivity index (χ1) is 6.18.